The third kappa shape index (κ3) is 4.34. The Morgan fingerprint density at radius 3 is 2.35 bits per heavy atom. The number of nitrogens with zero attached hydrogens (tertiary/aromatic N) is 3. The number of anilines is 1. The van der Waals surface area contributed by atoms with Gasteiger partial charge in [0.25, 0.3) is 5.89 Å². The molecule has 0 atom stereocenters. The highest BCUT2D eigenvalue weighted by atomic mass is 19.1. The van der Waals surface area contributed by atoms with Gasteiger partial charge in [-0.1, -0.05) is 47.6 Å². The first-order chi connectivity index (χ1) is 16.4. The van der Waals surface area contributed by atoms with E-state index in [9.17, 15) is 13.6 Å². The van der Waals surface area contributed by atoms with E-state index in [4.69, 9.17) is 16.1 Å². The molecule has 0 saturated heterocycles. The van der Waals surface area contributed by atoms with Crippen LogP contribution in [-0.4, -0.2) is 23.2 Å². The van der Waals surface area contributed by atoms with Crippen molar-refractivity contribution in [3.8, 4) is 11.4 Å². The van der Waals surface area contributed by atoms with Crippen LogP contribution in [-0.2, 0) is 4.74 Å². The molecule has 0 aliphatic heterocycles. The summed E-state index contributed by atoms with van der Waals surface area (Å²) in [6, 6.07) is 18.4. The Balaban J connectivity index is 1.79. The summed E-state index contributed by atoms with van der Waals surface area (Å²) in [7, 11) is 1.20. The van der Waals surface area contributed by atoms with Gasteiger partial charge in [-0.25, -0.2) is 19.4 Å². The summed E-state index contributed by atoms with van der Waals surface area (Å²) < 4.78 is 38.9. The molecule has 4 N–H and O–H groups in total. The molecule has 4 aromatic rings. The van der Waals surface area contributed by atoms with Gasteiger partial charge in [0, 0.05) is 5.56 Å². The van der Waals surface area contributed by atoms with Gasteiger partial charge < -0.3 is 15.0 Å². The highest BCUT2D eigenvalue weighted by Crippen LogP contribution is 2.30. The van der Waals surface area contributed by atoms with E-state index in [2.05, 4.69) is 14.9 Å². The second kappa shape index (κ2) is 9.51. The molecule has 0 radical (unpaired) electrons. The number of hydrazine groups is 1. The minimum absolute atomic E-state index is 0.0181. The number of carbonyl (C=O) groups is 1. The standard InChI is InChI=1S/C24H19F2N5O3/c1-33-24(32)15-11-12-16(18(26)13-15)22-29-23(34-30-22)20(27)21(14-7-3-2-4-8-14)31(28)19-10-6-5-9-17(19)25/h2-13H,27-28H2,1H3/b21-20-. The zero-order valence-electron chi connectivity index (χ0n) is 17.9. The zero-order chi connectivity index (χ0) is 24.2. The normalized spacial score (nSPS) is 11.6. The van der Waals surface area contributed by atoms with Gasteiger partial charge >= 0.3 is 5.97 Å². The van der Waals surface area contributed by atoms with Crippen molar-refractivity contribution >= 4 is 23.1 Å². The van der Waals surface area contributed by atoms with Gasteiger partial charge in [0.15, 0.2) is 0 Å². The number of hydrogen-bond acceptors (Lipinski definition) is 8. The lowest BCUT2D eigenvalue weighted by Crippen LogP contribution is -2.32. The molecular formula is C24H19F2N5O3. The van der Waals surface area contributed by atoms with E-state index in [0.717, 1.165) is 11.1 Å². The molecule has 0 aliphatic rings. The van der Waals surface area contributed by atoms with Crippen LogP contribution in [0, 0.1) is 11.6 Å². The lowest BCUT2D eigenvalue weighted by Gasteiger charge is -2.24. The van der Waals surface area contributed by atoms with Gasteiger partial charge in [-0.2, -0.15) is 4.98 Å². The number of rotatable bonds is 6. The minimum Gasteiger partial charge on any atom is -0.465 e. The van der Waals surface area contributed by atoms with Crippen LogP contribution < -0.4 is 16.6 Å². The number of carbonyl (C=O) groups excluding carboxylic acids is 1. The van der Waals surface area contributed by atoms with E-state index in [1.807, 2.05) is 0 Å². The Morgan fingerprint density at radius 2 is 1.68 bits per heavy atom. The molecule has 0 amide bonds. The maximum atomic E-state index is 14.6. The summed E-state index contributed by atoms with van der Waals surface area (Å²) in [5, 5.41) is 4.88. The molecule has 8 nitrogen and oxygen atoms in total. The first-order valence-corrected chi connectivity index (χ1v) is 9.97. The van der Waals surface area contributed by atoms with Gasteiger partial charge in [0.05, 0.1) is 29.6 Å². The third-order valence-corrected chi connectivity index (χ3v) is 4.94. The molecule has 0 fully saturated rings. The van der Waals surface area contributed by atoms with Gasteiger partial charge in [0.1, 0.15) is 17.3 Å². The Bertz CT molecular complexity index is 1370. The fraction of sp³-hybridized carbons (Fsp3) is 0.0417. The second-order valence-corrected chi connectivity index (χ2v) is 7.06. The highest BCUT2D eigenvalue weighted by Gasteiger charge is 2.23. The molecule has 0 unspecified atom stereocenters. The summed E-state index contributed by atoms with van der Waals surface area (Å²) in [6.07, 6.45) is 0. The molecule has 34 heavy (non-hydrogen) atoms. The van der Waals surface area contributed by atoms with Gasteiger partial charge in [0.2, 0.25) is 5.82 Å². The quantitative estimate of drug-likeness (QED) is 0.250. The number of nitrogens with two attached hydrogens (primary N) is 2. The SMILES string of the molecule is COC(=O)c1ccc(-c2noc(/C(N)=C(\c3ccccc3)N(N)c3ccccc3F)n2)c(F)c1. The fourth-order valence-corrected chi connectivity index (χ4v) is 3.27. The molecule has 10 heteroatoms. The molecule has 3 aromatic carbocycles. The lowest BCUT2D eigenvalue weighted by molar-refractivity contribution is 0.0600. The average molecular weight is 463 g/mol. The van der Waals surface area contributed by atoms with E-state index >= 15 is 0 Å². The van der Waals surface area contributed by atoms with Crippen molar-refractivity contribution in [2.24, 2.45) is 11.6 Å². The number of hydrogen-bond donors (Lipinski definition) is 2. The number of benzene rings is 3. The van der Waals surface area contributed by atoms with E-state index in [0.29, 0.717) is 5.56 Å². The first kappa shape index (κ1) is 22.6. The smallest absolute Gasteiger partial charge is 0.337 e. The van der Waals surface area contributed by atoms with Crippen molar-refractivity contribution < 1.29 is 22.8 Å². The minimum atomic E-state index is -0.757. The van der Waals surface area contributed by atoms with Crippen molar-refractivity contribution in [2.75, 3.05) is 12.1 Å². The molecule has 0 spiro atoms. The summed E-state index contributed by atoms with van der Waals surface area (Å²) >= 11 is 0. The van der Waals surface area contributed by atoms with Crippen LogP contribution in [0.15, 0.2) is 77.3 Å². The number of methoxy groups -OCH3 is 1. The van der Waals surface area contributed by atoms with Crippen molar-refractivity contribution in [2.45, 2.75) is 0 Å². The van der Waals surface area contributed by atoms with Crippen molar-refractivity contribution in [1.29, 1.82) is 0 Å². The topological polar surface area (TPSA) is 120 Å². The van der Waals surface area contributed by atoms with Gasteiger partial charge in [-0.15, -0.1) is 0 Å². The lowest BCUT2D eigenvalue weighted by atomic mass is 10.1. The van der Waals surface area contributed by atoms with Crippen LogP contribution in [0.2, 0.25) is 0 Å². The number of aromatic nitrogens is 2. The van der Waals surface area contributed by atoms with E-state index < -0.39 is 17.6 Å². The Hall–Kier alpha value is -4.57. The maximum Gasteiger partial charge on any atom is 0.337 e. The van der Waals surface area contributed by atoms with Crippen molar-refractivity contribution in [3.63, 3.8) is 0 Å². The Labute approximate surface area is 193 Å². The van der Waals surface area contributed by atoms with Crippen molar-refractivity contribution in [1.82, 2.24) is 10.1 Å². The third-order valence-electron chi connectivity index (χ3n) is 4.94. The van der Waals surface area contributed by atoms with Crippen molar-refractivity contribution in [3.05, 3.63) is 101 Å². The monoisotopic (exact) mass is 463 g/mol. The largest absolute Gasteiger partial charge is 0.465 e. The maximum absolute atomic E-state index is 14.6. The van der Waals surface area contributed by atoms with Crippen LogP contribution in [0.25, 0.3) is 22.8 Å². The first-order valence-electron chi connectivity index (χ1n) is 9.97. The van der Waals surface area contributed by atoms with Crippen LogP contribution in [0.5, 0.6) is 0 Å². The van der Waals surface area contributed by atoms with Crippen LogP contribution in [0.4, 0.5) is 14.5 Å². The molecule has 1 aromatic heterocycles. The molecular weight excluding hydrogens is 444 g/mol. The fourth-order valence-electron chi connectivity index (χ4n) is 3.27. The summed E-state index contributed by atoms with van der Waals surface area (Å²) in [5.74, 6) is 4.01. The molecule has 0 bridgehead atoms. The Morgan fingerprint density at radius 1 is 0.971 bits per heavy atom. The van der Waals surface area contributed by atoms with E-state index in [1.54, 1.807) is 36.4 Å². The van der Waals surface area contributed by atoms with Gasteiger partial charge in [-0.3, -0.25) is 5.01 Å². The highest BCUT2D eigenvalue weighted by molar-refractivity contribution is 5.94. The zero-order valence-corrected chi connectivity index (χ0v) is 17.9. The summed E-state index contributed by atoms with van der Waals surface area (Å²) in [5.41, 5.74) is 7.13. The van der Waals surface area contributed by atoms with E-state index in [-0.39, 0.29) is 39.9 Å². The summed E-state index contributed by atoms with van der Waals surface area (Å²) in [4.78, 5) is 15.8. The van der Waals surface area contributed by atoms with E-state index in [1.165, 1.54) is 37.4 Å². The predicted octanol–water partition coefficient (Wildman–Crippen LogP) is 3.97. The molecule has 1 heterocycles. The molecule has 0 aliphatic carbocycles. The number of ether oxygens (including phenoxy) is 1. The second-order valence-electron chi connectivity index (χ2n) is 7.06. The number of esters is 1. The molecule has 4 rings (SSSR count). The summed E-state index contributed by atoms with van der Waals surface area (Å²) in [6.45, 7) is 0. The van der Waals surface area contributed by atoms with Crippen LogP contribution >= 0.6 is 0 Å². The number of halogens is 2. The average Bonchev–Trinajstić information content (AvgIpc) is 3.34. The molecule has 0 saturated carbocycles. The van der Waals surface area contributed by atoms with Gasteiger partial charge in [-0.05, 0) is 30.3 Å². The van der Waals surface area contributed by atoms with Crippen LogP contribution in [0.1, 0.15) is 21.8 Å². The molecule has 172 valence electrons. The number of para-hydroxylation sites is 1. The Kier molecular flexibility index (Phi) is 6.33. The predicted molar refractivity (Wildman–Crippen MR) is 122 cm³/mol. The van der Waals surface area contributed by atoms with Crippen LogP contribution in [0.3, 0.4) is 0 Å².